The van der Waals surface area contributed by atoms with Crippen LogP contribution in [0.1, 0.15) is 18.1 Å². The largest absolute Gasteiger partial charge is 0.471 e. The van der Waals surface area contributed by atoms with Crippen LogP contribution in [0.2, 0.25) is 0 Å². The summed E-state index contributed by atoms with van der Waals surface area (Å²) < 4.78 is 37.5. The van der Waals surface area contributed by atoms with Crippen LogP contribution in [-0.2, 0) is 21.7 Å². The molecule has 3 N–H and O–H groups in total. The highest BCUT2D eigenvalue weighted by Crippen LogP contribution is 2.22. The summed E-state index contributed by atoms with van der Waals surface area (Å²) in [6.45, 7) is 1.32. The van der Waals surface area contributed by atoms with Gasteiger partial charge in [0, 0.05) is 19.3 Å². The molecule has 2 rings (SSSR count). The van der Waals surface area contributed by atoms with E-state index in [1.165, 1.54) is 6.07 Å². The number of nitrogens with two attached hydrogens (primary N) is 1. The molecule has 0 aliphatic carbocycles. The van der Waals surface area contributed by atoms with Gasteiger partial charge >= 0.3 is 12.1 Å². The molecule has 0 spiro atoms. The maximum absolute atomic E-state index is 12.6. The molecule has 5 nitrogen and oxygen atoms in total. The third-order valence-electron chi connectivity index (χ3n) is 4.04. The minimum atomic E-state index is -4.93. The van der Waals surface area contributed by atoms with Gasteiger partial charge < -0.3 is 16.0 Å². The van der Waals surface area contributed by atoms with Crippen molar-refractivity contribution in [2.45, 2.75) is 25.2 Å². The van der Waals surface area contributed by atoms with Crippen molar-refractivity contribution >= 4 is 29.9 Å². The molecule has 9 heteroatoms. The number of carbonyl (C=O) groups excluding carboxylic acids is 2. The molecule has 0 aliphatic heterocycles. The fourth-order valence-electron chi connectivity index (χ4n) is 2.49. The van der Waals surface area contributed by atoms with Crippen molar-refractivity contribution in [1.82, 2.24) is 4.90 Å². The van der Waals surface area contributed by atoms with Crippen LogP contribution in [-0.4, -0.2) is 29.9 Å². The smallest absolute Gasteiger partial charge is 0.334 e. The van der Waals surface area contributed by atoms with E-state index >= 15 is 0 Å². The molecule has 152 valence electrons. The van der Waals surface area contributed by atoms with Gasteiger partial charge in [-0.3, -0.25) is 9.59 Å². The molecule has 2 aromatic carbocycles. The van der Waals surface area contributed by atoms with E-state index in [0.29, 0.717) is 21.7 Å². The number of nitrogens with one attached hydrogen (secondary N) is 1. The molecular weight excluding hydrogens is 395 g/mol. The Morgan fingerprint density at radius 2 is 1.68 bits per heavy atom. The van der Waals surface area contributed by atoms with E-state index in [0.717, 1.165) is 7.05 Å². The van der Waals surface area contributed by atoms with Gasteiger partial charge in [-0.25, -0.2) is 0 Å². The summed E-state index contributed by atoms with van der Waals surface area (Å²) >= 11 is 0. The average molecular weight is 416 g/mol. The first-order valence-electron chi connectivity index (χ1n) is 8.09. The summed E-state index contributed by atoms with van der Waals surface area (Å²) in [6, 6.07) is 15.0. The van der Waals surface area contributed by atoms with Crippen molar-refractivity contribution in [2.75, 3.05) is 12.4 Å². The molecule has 1 atom stereocenters. The van der Waals surface area contributed by atoms with E-state index in [2.05, 4.69) is 5.32 Å². The second-order valence-electron chi connectivity index (χ2n) is 6.38. The van der Waals surface area contributed by atoms with Gasteiger partial charge in [0.2, 0.25) is 5.91 Å². The number of carbonyl (C=O) groups is 2. The number of halogens is 4. The van der Waals surface area contributed by atoms with Crippen LogP contribution in [0.3, 0.4) is 0 Å². The second-order valence-corrected chi connectivity index (χ2v) is 6.38. The third kappa shape index (κ3) is 5.71. The van der Waals surface area contributed by atoms with Crippen molar-refractivity contribution < 1.29 is 22.8 Å². The number of rotatable bonds is 5. The molecule has 0 heterocycles. The van der Waals surface area contributed by atoms with E-state index in [4.69, 9.17) is 5.73 Å². The van der Waals surface area contributed by atoms with Crippen LogP contribution in [0, 0.1) is 0 Å². The van der Waals surface area contributed by atoms with Crippen LogP contribution in [0.25, 0.3) is 0 Å². The lowest BCUT2D eigenvalue weighted by molar-refractivity contribution is -0.184. The molecule has 0 aromatic heterocycles. The van der Waals surface area contributed by atoms with Crippen molar-refractivity contribution in [1.29, 1.82) is 0 Å². The lowest BCUT2D eigenvalue weighted by Crippen LogP contribution is -2.45. The van der Waals surface area contributed by atoms with Crippen LogP contribution in [0.15, 0.2) is 54.6 Å². The molecule has 1 unspecified atom stereocenters. The Morgan fingerprint density at radius 3 is 2.25 bits per heavy atom. The summed E-state index contributed by atoms with van der Waals surface area (Å²) in [5, 5.41) is 2.66. The molecular formula is C19H21ClF3N3O2. The number of alkyl halides is 3. The highest BCUT2D eigenvalue weighted by Gasteiger charge is 2.41. The number of benzene rings is 2. The summed E-state index contributed by atoms with van der Waals surface area (Å²) in [4.78, 5) is 24.4. The van der Waals surface area contributed by atoms with Crippen LogP contribution in [0.4, 0.5) is 18.9 Å². The first-order chi connectivity index (χ1) is 12.5. The first-order valence-corrected chi connectivity index (χ1v) is 8.09. The van der Waals surface area contributed by atoms with Crippen molar-refractivity contribution in [3.63, 3.8) is 0 Å². The zero-order valence-electron chi connectivity index (χ0n) is 15.3. The lowest BCUT2D eigenvalue weighted by atomic mass is 9.92. The van der Waals surface area contributed by atoms with E-state index in [9.17, 15) is 22.8 Å². The molecule has 0 aliphatic rings. The summed E-state index contributed by atoms with van der Waals surface area (Å²) in [5.41, 5.74) is 6.28. The Kier molecular flexibility index (Phi) is 7.60. The van der Waals surface area contributed by atoms with Gasteiger partial charge in [0.05, 0.1) is 0 Å². The lowest BCUT2D eigenvalue weighted by Gasteiger charge is -2.24. The van der Waals surface area contributed by atoms with Crippen molar-refractivity contribution in [3.8, 4) is 0 Å². The molecule has 0 radical (unpaired) electrons. The zero-order valence-corrected chi connectivity index (χ0v) is 16.1. The number of anilines is 1. The Labute approximate surface area is 167 Å². The fraction of sp³-hybridized carbons (Fsp3) is 0.263. The molecule has 0 bridgehead atoms. The van der Waals surface area contributed by atoms with Gasteiger partial charge in [-0.1, -0.05) is 42.5 Å². The molecule has 0 saturated heterocycles. The normalized spacial score (nSPS) is 13.1. The van der Waals surface area contributed by atoms with Gasteiger partial charge in [0.15, 0.2) is 0 Å². The standard InChI is InChI=1S/C19H20F3N3O2.ClH/c1-18(23,14-8-4-3-5-9-14)16(26)24-15-10-6-7-13(11-15)12-25(2)17(27)19(20,21)22;/h3-11H,12,23H2,1-2H3,(H,24,26);1H. The maximum atomic E-state index is 12.6. The van der Waals surface area contributed by atoms with Gasteiger partial charge in [-0.2, -0.15) is 13.2 Å². The van der Waals surface area contributed by atoms with Gasteiger partial charge in [-0.15, -0.1) is 12.4 Å². The molecule has 2 aromatic rings. The molecule has 0 fully saturated rings. The summed E-state index contributed by atoms with van der Waals surface area (Å²) in [7, 11) is 1.06. The van der Waals surface area contributed by atoms with Gasteiger partial charge in [0.25, 0.3) is 0 Å². The van der Waals surface area contributed by atoms with E-state index in [1.54, 1.807) is 55.5 Å². The Hall–Kier alpha value is -2.58. The maximum Gasteiger partial charge on any atom is 0.471 e. The Morgan fingerprint density at radius 1 is 1.07 bits per heavy atom. The van der Waals surface area contributed by atoms with Crippen LogP contribution in [0.5, 0.6) is 0 Å². The predicted octanol–water partition coefficient (Wildman–Crippen LogP) is 3.44. The average Bonchev–Trinajstić information content (AvgIpc) is 2.61. The monoisotopic (exact) mass is 415 g/mol. The summed E-state index contributed by atoms with van der Waals surface area (Å²) in [5.74, 6) is -2.40. The second kappa shape index (κ2) is 9.07. The fourth-order valence-corrected chi connectivity index (χ4v) is 2.49. The van der Waals surface area contributed by atoms with Crippen molar-refractivity contribution in [3.05, 3.63) is 65.7 Å². The highest BCUT2D eigenvalue weighted by atomic mass is 35.5. The quantitative estimate of drug-likeness (QED) is 0.785. The van der Waals surface area contributed by atoms with Gasteiger partial charge in [0.1, 0.15) is 5.54 Å². The van der Waals surface area contributed by atoms with Gasteiger partial charge in [-0.05, 0) is 30.2 Å². The minimum Gasteiger partial charge on any atom is -0.334 e. The first kappa shape index (κ1) is 23.5. The third-order valence-corrected chi connectivity index (χ3v) is 4.04. The van der Waals surface area contributed by atoms with E-state index in [1.807, 2.05) is 0 Å². The van der Waals surface area contributed by atoms with E-state index in [-0.39, 0.29) is 19.0 Å². The minimum absolute atomic E-state index is 0. The number of nitrogens with zero attached hydrogens (tertiary/aromatic N) is 1. The molecule has 28 heavy (non-hydrogen) atoms. The topological polar surface area (TPSA) is 75.4 Å². The van der Waals surface area contributed by atoms with Crippen molar-refractivity contribution in [2.24, 2.45) is 5.73 Å². The van der Waals surface area contributed by atoms with Crippen LogP contribution >= 0.6 is 12.4 Å². The molecule has 2 amide bonds. The SMILES string of the molecule is CN(Cc1cccc(NC(=O)C(C)(N)c2ccccc2)c1)C(=O)C(F)(F)F.Cl. The number of hydrogen-bond donors (Lipinski definition) is 2. The van der Waals surface area contributed by atoms with Crippen LogP contribution < -0.4 is 11.1 Å². The Balaban J connectivity index is 0.00000392. The molecule has 0 saturated carbocycles. The Bertz CT molecular complexity index is 827. The zero-order chi connectivity index (χ0) is 20.2. The summed E-state index contributed by atoms with van der Waals surface area (Å²) in [6.07, 6.45) is -4.93. The number of hydrogen-bond acceptors (Lipinski definition) is 3. The number of amides is 2. The highest BCUT2D eigenvalue weighted by molar-refractivity contribution is 5.98. The predicted molar refractivity (Wildman–Crippen MR) is 103 cm³/mol. The van der Waals surface area contributed by atoms with E-state index < -0.39 is 23.5 Å².